The molecule has 2 heterocycles. The first-order valence-electron chi connectivity index (χ1n) is 6.72. The zero-order chi connectivity index (χ0) is 12.9. The SMILES string of the molecule is CC[C@@H]1CN([C@H]2CCN(C3CC3)C2=O)C(=O)N1O. The predicted molar refractivity (Wildman–Crippen MR) is 62.9 cm³/mol. The van der Waals surface area contributed by atoms with Gasteiger partial charge in [0.2, 0.25) is 5.91 Å². The third-order valence-corrected chi connectivity index (χ3v) is 4.24. The monoisotopic (exact) mass is 253 g/mol. The van der Waals surface area contributed by atoms with Crippen LogP contribution < -0.4 is 0 Å². The summed E-state index contributed by atoms with van der Waals surface area (Å²) in [5.41, 5.74) is 0. The van der Waals surface area contributed by atoms with Crippen LogP contribution in [0, 0.1) is 0 Å². The highest BCUT2D eigenvalue weighted by Crippen LogP contribution is 2.33. The van der Waals surface area contributed by atoms with Crippen LogP contribution in [0.1, 0.15) is 32.6 Å². The Morgan fingerprint density at radius 3 is 2.50 bits per heavy atom. The number of hydrogen-bond donors (Lipinski definition) is 1. The first kappa shape index (κ1) is 11.8. The quantitative estimate of drug-likeness (QED) is 0.751. The van der Waals surface area contributed by atoms with Crippen molar-refractivity contribution in [2.75, 3.05) is 13.1 Å². The van der Waals surface area contributed by atoms with Crippen molar-refractivity contribution < 1.29 is 14.8 Å². The van der Waals surface area contributed by atoms with Crippen LogP contribution in [0.4, 0.5) is 4.79 Å². The molecule has 18 heavy (non-hydrogen) atoms. The molecule has 3 fully saturated rings. The van der Waals surface area contributed by atoms with Gasteiger partial charge >= 0.3 is 6.03 Å². The lowest BCUT2D eigenvalue weighted by Gasteiger charge is -2.22. The molecule has 0 spiro atoms. The predicted octanol–water partition coefficient (Wildman–Crippen LogP) is 0.655. The number of likely N-dealkylation sites (tertiary alicyclic amines) is 1. The van der Waals surface area contributed by atoms with Gasteiger partial charge in [-0.15, -0.1) is 0 Å². The van der Waals surface area contributed by atoms with E-state index in [1.165, 1.54) is 0 Å². The zero-order valence-electron chi connectivity index (χ0n) is 10.6. The molecule has 6 nitrogen and oxygen atoms in total. The maximum atomic E-state index is 12.3. The summed E-state index contributed by atoms with van der Waals surface area (Å²) in [5, 5.41) is 10.5. The second-order valence-corrected chi connectivity index (χ2v) is 5.41. The van der Waals surface area contributed by atoms with Crippen molar-refractivity contribution in [2.24, 2.45) is 0 Å². The molecule has 1 N–H and O–H groups in total. The first-order chi connectivity index (χ1) is 8.63. The van der Waals surface area contributed by atoms with Gasteiger partial charge in [0.15, 0.2) is 0 Å². The molecule has 2 aliphatic heterocycles. The van der Waals surface area contributed by atoms with Gasteiger partial charge in [-0.25, -0.2) is 9.86 Å². The van der Waals surface area contributed by atoms with Gasteiger partial charge in [-0.2, -0.15) is 0 Å². The van der Waals surface area contributed by atoms with Gasteiger partial charge in [0.05, 0.1) is 6.04 Å². The van der Waals surface area contributed by atoms with Crippen LogP contribution in [0.2, 0.25) is 0 Å². The largest absolute Gasteiger partial charge is 0.344 e. The van der Waals surface area contributed by atoms with Crippen LogP contribution in [0.15, 0.2) is 0 Å². The molecule has 3 aliphatic rings. The van der Waals surface area contributed by atoms with Gasteiger partial charge in [0.1, 0.15) is 6.04 Å². The molecular formula is C12H19N3O3. The molecule has 0 unspecified atom stereocenters. The number of urea groups is 1. The first-order valence-corrected chi connectivity index (χ1v) is 6.72. The van der Waals surface area contributed by atoms with Crippen LogP contribution in [-0.4, -0.2) is 63.2 Å². The summed E-state index contributed by atoms with van der Waals surface area (Å²) < 4.78 is 0. The molecule has 0 aromatic carbocycles. The molecule has 6 heteroatoms. The molecule has 2 atom stereocenters. The lowest BCUT2D eigenvalue weighted by molar-refractivity contribution is -0.131. The van der Waals surface area contributed by atoms with Crippen molar-refractivity contribution >= 4 is 11.9 Å². The van der Waals surface area contributed by atoms with Crippen molar-refractivity contribution in [3.8, 4) is 0 Å². The highest BCUT2D eigenvalue weighted by molar-refractivity contribution is 5.89. The summed E-state index contributed by atoms with van der Waals surface area (Å²) in [4.78, 5) is 27.6. The molecule has 0 radical (unpaired) electrons. The second-order valence-electron chi connectivity index (χ2n) is 5.41. The third kappa shape index (κ3) is 1.67. The van der Waals surface area contributed by atoms with Gasteiger partial charge in [-0.1, -0.05) is 6.92 Å². The number of nitrogens with zero attached hydrogens (tertiary/aromatic N) is 3. The summed E-state index contributed by atoms with van der Waals surface area (Å²) in [5.74, 6) is 0.0657. The lowest BCUT2D eigenvalue weighted by atomic mass is 10.2. The van der Waals surface area contributed by atoms with Crippen LogP contribution in [-0.2, 0) is 4.79 Å². The summed E-state index contributed by atoms with van der Waals surface area (Å²) in [6.45, 7) is 3.14. The number of hydrogen-bond acceptors (Lipinski definition) is 3. The Bertz CT molecular complexity index is 383. The summed E-state index contributed by atoms with van der Waals surface area (Å²) >= 11 is 0. The van der Waals surface area contributed by atoms with Crippen molar-refractivity contribution in [1.82, 2.24) is 14.9 Å². The number of carbonyl (C=O) groups is 2. The standard InChI is InChI=1S/C12H19N3O3/c1-2-8-7-14(12(17)15(8)18)10-5-6-13(11(10)16)9-3-4-9/h8-10,18H,2-7H2,1H3/t8-,10+/m1/s1. The summed E-state index contributed by atoms with van der Waals surface area (Å²) in [6, 6.07) is -0.546. The molecule has 2 saturated heterocycles. The van der Waals surface area contributed by atoms with Crippen molar-refractivity contribution in [1.29, 1.82) is 0 Å². The molecule has 0 aromatic rings. The number of rotatable bonds is 3. The number of hydroxylamine groups is 2. The Morgan fingerprint density at radius 1 is 1.22 bits per heavy atom. The van der Waals surface area contributed by atoms with Crippen molar-refractivity contribution in [3.05, 3.63) is 0 Å². The normalized spacial score (nSPS) is 32.9. The Balaban J connectivity index is 1.72. The number of carbonyl (C=O) groups excluding carboxylic acids is 2. The minimum Gasteiger partial charge on any atom is -0.338 e. The van der Waals surface area contributed by atoms with Crippen molar-refractivity contribution in [3.63, 3.8) is 0 Å². The van der Waals surface area contributed by atoms with E-state index in [1.54, 1.807) is 4.90 Å². The maximum Gasteiger partial charge on any atom is 0.344 e. The van der Waals surface area contributed by atoms with E-state index in [-0.39, 0.29) is 18.0 Å². The maximum absolute atomic E-state index is 12.3. The van der Waals surface area contributed by atoms with Crippen LogP contribution >= 0.6 is 0 Å². The van der Waals surface area contributed by atoms with Crippen LogP contribution in [0.25, 0.3) is 0 Å². The molecule has 1 aliphatic carbocycles. The average molecular weight is 253 g/mol. The van der Waals surface area contributed by atoms with Crippen molar-refractivity contribution in [2.45, 2.75) is 50.7 Å². The molecule has 1 saturated carbocycles. The minimum absolute atomic E-state index is 0.0657. The fourth-order valence-corrected chi connectivity index (χ4v) is 2.96. The van der Waals surface area contributed by atoms with E-state index in [2.05, 4.69) is 0 Å². The summed E-state index contributed by atoms with van der Waals surface area (Å²) in [7, 11) is 0. The molecule has 0 bridgehead atoms. The van der Waals surface area contributed by atoms with E-state index < -0.39 is 6.03 Å². The van der Waals surface area contributed by atoms with E-state index in [0.717, 1.165) is 24.4 Å². The topological polar surface area (TPSA) is 64.1 Å². The summed E-state index contributed by atoms with van der Waals surface area (Å²) in [6.07, 6.45) is 3.59. The smallest absolute Gasteiger partial charge is 0.338 e. The van der Waals surface area contributed by atoms with E-state index in [0.29, 0.717) is 25.4 Å². The van der Waals surface area contributed by atoms with E-state index >= 15 is 0 Å². The van der Waals surface area contributed by atoms with E-state index in [9.17, 15) is 14.8 Å². The Morgan fingerprint density at radius 2 is 1.94 bits per heavy atom. The van der Waals surface area contributed by atoms with Gasteiger partial charge in [-0.3, -0.25) is 10.0 Å². The molecule has 3 amide bonds. The Kier molecular flexibility index (Phi) is 2.69. The lowest BCUT2D eigenvalue weighted by Crippen LogP contribution is -2.44. The Hall–Kier alpha value is -1.30. The highest BCUT2D eigenvalue weighted by Gasteiger charge is 2.48. The van der Waals surface area contributed by atoms with E-state index in [1.807, 2.05) is 11.8 Å². The van der Waals surface area contributed by atoms with Crippen LogP contribution in [0.3, 0.4) is 0 Å². The highest BCUT2D eigenvalue weighted by atomic mass is 16.5. The van der Waals surface area contributed by atoms with Crippen LogP contribution in [0.5, 0.6) is 0 Å². The molecule has 100 valence electrons. The number of amides is 3. The molecular weight excluding hydrogens is 234 g/mol. The fourth-order valence-electron chi connectivity index (χ4n) is 2.96. The fraction of sp³-hybridized carbons (Fsp3) is 0.833. The third-order valence-electron chi connectivity index (χ3n) is 4.24. The Labute approximate surface area is 106 Å². The zero-order valence-corrected chi connectivity index (χ0v) is 10.6. The molecule has 0 aromatic heterocycles. The van der Waals surface area contributed by atoms with Gasteiger partial charge < -0.3 is 9.80 Å². The van der Waals surface area contributed by atoms with Gasteiger partial charge in [-0.05, 0) is 25.7 Å². The van der Waals surface area contributed by atoms with Gasteiger partial charge in [0, 0.05) is 19.1 Å². The molecule has 3 rings (SSSR count). The second kappa shape index (κ2) is 4.12. The van der Waals surface area contributed by atoms with E-state index in [4.69, 9.17) is 0 Å². The van der Waals surface area contributed by atoms with Gasteiger partial charge in [0.25, 0.3) is 0 Å². The average Bonchev–Trinajstić information content (AvgIpc) is 3.08. The minimum atomic E-state index is -0.419.